The van der Waals surface area contributed by atoms with Crippen LogP contribution in [0.2, 0.25) is 0 Å². The minimum Gasteiger partial charge on any atom is -0.349 e. The Bertz CT molecular complexity index is 464. The van der Waals surface area contributed by atoms with Crippen LogP contribution in [0.3, 0.4) is 0 Å². The Morgan fingerprint density at radius 2 is 1.89 bits per heavy atom. The van der Waals surface area contributed by atoms with Gasteiger partial charge in [-0.3, -0.25) is 9.59 Å². The lowest BCUT2D eigenvalue weighted by Gasteiger charge is -2.10. The Balaban J connectivity index is 1.93. The van der Waals surface area contributed by atoms with Crippen LogP contribution in [0.5, 0.6) is 0 Å². The molecule has 2 rings (SSSR count). The smallest absolute Gasteiger partial charge is 0.251 e. The van der Waals surface area contributed by atoms with Gasteiger partial charge in [0, 0.05) is 23.2 Å². The van der Waals surface area contributed by atoms with Gasteiger partial charge in [-0.15, -0.1) is 0 Å². The van der Waals surface area contributed by atoms with Gasteiger partial charge in [-0.05, 0) is 43.5 Å². The zero-order chi connectivity index (χ0) is 13.8. The van der Waals surface area contributed by atoms with E-state index in [0.717, 1.165) is 24.9 Å². The van der Waals surface area contributed by atoms with Crippen molar-refractivity contribution in [3.05, 3.63) is 29.8 Å². The molecule has 0 aliphatic heterocycles. The Morgan fingerprint density at radius 1 is 1.26 bits per heavy atom. The van der Waals surface area contributed by atoms with Crippen LogP contribution in [0.15, 0.2) is 24.3 Å². The van der Waals surface area contributed by atoms with E-state index in [2.05, 4.69) is 10.6 Å². The highest BCUT2D eigenvalue weighted by Crippen LogP contribution is 2.19. The molecular formula is C15H20N2O2. The summed E-state index contributed by atoms with van der Waals surface area (Å²) in [6.45, 7) is 3.88. The van der Waals surface area contributed by atoms with Crippen LogP contribution in [0.4, 0.5) is 5.69 Å². The van der Waals surface area contributed by atoms with Crippen LogP contribution in [-0.4, -0.2) is 17.9 Å². The lowest BCUT2D eigenvalue weighted by Crippen LogP contribution is -2.25. The van der Waals surface area contributed by atoms with Gasteiger partial charge in [0.1, 0.15) is 0 Å². The van der Waals surface area contributed by atoms with Crippen LogP contribution < -0.4 is 10.6 Å². The highest BCUT2D eigenvalue weighted by Gasteiger charge is 2.23. The molecule has 0 bridgehead atoms. The Kier molecular flexibility index (Phi) is 4.20. The van der Waals surface area contributed by atoms with E-state index in [9.17, 15) is 9.59 Å². The standard InChI is InChI=1S/C15H20N2O2/c1-3-10(2)14(18)16-12-6-4-11(5-7-12)15(19)17-13-8-9-13/h4-7,10,13H,3,8-9H2,1-2H3,(H,16,18)(H,17,19)/t10-/m1/s1. The minimum absolute atomic E-state index is 0.00200. The molecule has 1 aromatic carbocycles. The van der Waals surface area contributed by atoms with Gasteiger partial charge in [0.25, 0.3) is 5.91 Å². The second-order valence-electron chi connectivity index (χ2n) is 5.12. The number of benzene rings is 1. The van der Waals surface area contributed by atoms with E-state index in [4.69, 9.17) is 0 Å². The molecule has 0 unspecified atom stereocenters. The van der Waals surface area contributed by atoms with Crippen molar-refractivity contribution in [1.82, 2.24) is 5.32 Å². The number of rotatable bonds is 5. The molecule has 19 heavy (non-hydrogen) atoms. The third kappa shape index (κ3) is 3.81. The van der Waals surface area contributed by atoms with Gasteiger partial charge in [-0.2, -0.15) is 0 Å². The van der Waals surface area contributed by atoms with Crippen molar-refractivity contribution in [3.8, 4) is 0 Å². The summed E-state index contributed by atoms with van der Waals surface area (Å²) in [5.41, 5.74) is 1.36. The summed E-state index contributed by atoms with van der Waals surface area (Å²) >= 11 is 0. The molecule has 2 amide bonds. The Labute approximate surface area is 113 Å². The normalized spacial score (nSPS) is 15.7. The highest BCUT2D eigenvalue weighted by molar-refractivity contribution is 5.96. The number of amides is 2. The lowest BCUT2D eigenvalue weighted by molar-refractivity contribution is -0.119. The maximum absolute atomic E-state index is 11.8. The van der Waals surface area contributed by atoms with Crippen molar-refractivity contribution in [2.45, 2.75) is 39.2 Å². The number of carbonyl (C=O) groups is 2. The molecule has 0 aromatic heterocycles. The molecule has 1 saturated carbocycles. The molecule has 4 heteroatoms. The largest absolute Gasteiger partial charge is 0.349 e. The quantitative estimate of drug-likeness (QED) is 0.854. The maximum Gasteiger partial charge on any atom is 0.251 e. The molecule has 0 heterocycles. The summed E-state index contributed by atoms with van der Waals surface area (Å²) in [7, 11) is 0. The SMILES string of the molecule is CC[C@@H](C)C(=O)Nc1ccc(C(=O)NC2CC2)cc1. The van der Waals surface area contributed by atoms with Gasteiger partial charge in [0.05, 0.1) is 0 Å². The van der Waals surface area contributed by atoms with E-state index < -0.39 is 0 Å². The number of hydrogen-bond acceptors (Lipinski definition) is 2. The van der Waals surface area contributed by atoms with Gasteiger partial charge in [0.2, 0.25) is 5.91 Å². The minimum atomic E-state index is -0.0395. The van der Waals surface area contributed by atoms with E-state index in [1.54, 1.807) is 24.3 Å². The fourth-order valence-electron chi connectivity index (χ4n) is 1.65. The first-order valence-corrected chi connectivity index (χ1v) is 6.82. The van der Waals surface area contributed by atoms with E-state index in [-0.39, 0.29) is 17.7 Å². The van der Waals surface area contributed by atoms with Gasteiger partial charge in [0.15, 0.2) is 0 Å². The summed E-state index contributed by atoms with van der Waals surface area (Å²) in [5.74, 6) is -0.0298. The number of carbonyl (C=O) groups excluding carboxylic acids is 2. The molecule has 1 atom stereocenters. The van der Waals surface area contributed by atoms with Crippen molar-refractivity contribution in [1.29, 1.82) is 0 Å². The molecule has 1 fully saturated rings. The molecular weight excluding hydrogens is 240 g/mol. The molecule has 102 valence electrons. The number of nitrogens with one attached hydrogen (secondary N) is 2. The van der Waals surface area contributed by atoms with E-state index >= 15 is 0 Å². The van der Waals surface area contributed by atoms with E-state index in [1.165, 1.54) is 0 Å². The summed E-state index contributed by atoms with van der Waals surface area (Å²) in [5, 5.41) is 5.77. The van der Waals surface area contributed by atoms with Gasteiger partial charge >= 0.3 is 0 Å². The predicted octanol–water partition coefficient (Wildman–Crippen LogP) is 2.56. The highest BCUT2D eigenvalue weighted by atomic mass is 16.2. The van der Waals surface area contributed by atoms with Crippen LogP contribution in [0.25, 0.3) is 0 Å². The molecule has 0 radical (unpaired) electrons. The third-order valence-electron chi connectivity index (χ3n) is 3.39. The van der Waals surface area contributed by atoms with Crippen LogP contribution in [-0.2, 0) is 4.79 Å². The maximum atomic E-state index is 11.8. The van der Waals surface area contributed by atoms with Gasteiger partial charge in [-0.1, -0.05) is 13.8 Å². The molecule has 1 aliphatic carbocycles. The van der Waals surface area contributed by atoms with Crippen molar-refractivity contribution >= 4 is 17.5 Å². The van der Waals surface area contributed by atoms with Crippen LogP contribution >= 0.6 is 0 Å². The van der Waals surface area contributed by atoms with Crippen LogP contribution in [0.1, 0.15) is 43.5 Å². The summed E-state index contributed by atoms with van der Waals surface area (Å²) in [4.78, 5) is 23.5. The molecule has 2 N–H and O–H groups in total. The summed E-state index contributed by atoms with van der Waals surface area (Å²) in [6.07, 6.45) is 2.97. The Hall–Kier alpha value is -1.84. The average Bonchev–Trinajstić information content (AvgIpc) is 3.22. The zero-order valence-corrected chi connectivity index (χ0v) is 11.4. The first-order valence-electron chi connectivity index (χ1n) is 6.82. The van der Waals surface area contributed by atoms with Crippen molar-refractivity contribution in [2.75, 3.05) is 5.32 Å². The molecule has 4 nitrogen and oxygen atoms in total. The Morgan fingerprint density at radius 3 is 2.42 bits per heavy atom. The monoisotopic (exact) mass is 260 g/mol. The van der Waals surface area contributed by atoms with E-state index in [1.807, 2.05) is 13.8 Å². The second kappa shape index (κ2) is 5.87. The summed E-state index contributed by atoms with van der Waals surface area (Å²) < 4.78 is 0. The molecule has 1 aromatic rings. The predicted molar refractivity (Wildman–Crippen MR) is 75.0 cm³/mol. The van der Waals surface area contributed by atoms with E-state index in [0.29, 0.717) is 11.6 Å². The number of hydrogen-bond donors (Lipinski definition) is 2. The second-order valence-corrected chi connectivity index (χ2v) is 5.12. The van der Waals surface area contributed by atoms with Crippen LogP contribution in [0, 0.1) is 5.92 Å². The third-order valence-corrected chi connectivity index (χ3v) is 3.39. The van der Waals surface area contributed by atoms with Crippen molar-refractivity contribution in [3.63, 3.8) is 0 Å². The zero-order valence-electron chi connectivity index (χ0n) is 11.4. The molecule has 0 spiro atoms. The number of anilines is 1. The van der Waals surface area contributed by atoms with Crippen molar-refractivity contribution < 1.29 is 9.59 Å². The molecule has 1 aliphatic rings. The average molecular weight is 260 g/mol. The summed E-state index contributed by atoms with van der Waals surface area (Å²) in [6, 6.07) is 7.37. The first kappa shape index (κ1) is 13.6. The lowest BCUT2D eigenvalue weighted by atomic mass is 10.1. The van der Waals surface area contributed by atoms with Gasteiger partial charge < -0.3 is 10.6 Å². The fraction of sp³-hybridized carbons (Fsp3) is 0.467. The molecule has 0 saturated heterocycles. The first-order chi connectivity index (χ1) is 9.10. The van der Waals surface area contributed by atoms with Gasteiger partial charge in [-0.25, -0.2) is 0 Å². The van der Waals surface area contributed by atoms with Crippen molar-refractivity contribution in [2.24, 2.45) is 5.92 Å². The topological polar surface area (TPSA) is 58.2 Å². The fourth-order valence-corrected chi connectivity index (χ4v) is 1.65.